The molecule has 2 aromatic rings. The number of nitrogens with two attached hydrogens (primary N) is 1. The van der Waals surface area contributed by atoms with Crippen LogP contribution in [0.1, 0.15) is 18.5 Å². The van der Waals surface area contributed by atoms with E-state index in [1.807, 2.05) is 30.3 Å². The second-order valence-electron chi connectivity index (χ2n) is 4.60. The van der Waals surface area contributed by atoms with E-state index < -0.39 is 12.0 Å². The van der Waals surface area contributed by atoms with E-state index >= 15 is 0 Å². The minimum Gasteiger partial charge on any atom is -0.426 e. The van der Waals surface area contributed by atoms with E-state index in [0.717, 1.165) is 5.56 Å². The van der Waals surface area contributed by atoms with Crippen molar-refractivity contribution in [3.8, 4) is 5.75 Å². The quantitative estimate of drug-likeness (QED) is 0.691. The van der Waals surface area contributed by atoms with Crippen LogP contribution in [-0.2, 0) is 4.79 Å². The molecule has 0 spiro atoms. The molecule has 0 radical (unpaired) electrons. The van der Waals surface area contributed by atoms with Gasteiger partial charge in [-0.15, -0.1) is 0 Å². The van der Waals surface area contributed by atoms with Gasteiger partial charge in [0.25, 0.3) is 0 Å². The number of carbonyl (C=O) groups excluding carboxylic acids is 1. The Balaban J connectivity index is 2.04. The van der Waals surface area contributed by atoms with Gasteiger partial charge in [0.05, 0.1) is 5.92 Å². The van der Waals surface area contributed by atoms with Crippen LogP contribution in [0.3, 0.4) is 0 Å². The molecular weight excluding hydrogens is 274 g/mol. The third-order valence-electron chi connectivity index (χ3n) is 3.13. The van der Waals surface area contributed by atoms with E-state index in [0.29, 0.717) is 10.8 Å². The molecule has 20 heavy (non-hydrogen) atoms. The fourth-order valence-corrected chi connectivity index (χ4v) is 1.94. The van der Waals surface area contributed by atoms with Crippen molar-refractivity contribution in [1.82, 2.24) is 0 Å². The number of rotatable bonds is 4. The largest absolute Gasteiger partial charge is 0.426 e. The monoisotopic (exact) mass is 289 g/mol. The number of carbonyl (C=O) groups is 1. The van der Waals surface area contributed by atoms with Gasteiger partial charge in [-0.3, -0.25) is 4.79 Å². The summed E-state index contributed by atoms with van der Waals surface area (Å²) in [5.41, 5.74) is 6.95. The van der Waals surface area contributed by atoms with E-state index in [4.69, 9.17) is 22.1 Å². The first kappa shape index (κ1) is 14.6. The van der Waals surface area contributed by atoms with Crippen molar-refractivity contribution in [3.63, 3.8) is 0 Å². The minimum atomic E-state index is -0.448. The van der Waals surface area contributed by atoms with Crippen molar-refractivity contribution in [3.05, 3.63) is 65.2 Å². The van der Waals surface area contributed by atoms with Crippen molar-refractivity contribution in [2.24, 2.45) is 11.7 Å². The normalized spacial score (nSPS) is 13.6. The molecule has 0 aliphatic carbocycles. The van der Waals surface area contributed by atoms with Crippen LogP contribution in [-0.4, -0.2) is 5.97 Å². The summed E-state index contributed by atoms with van der Waals surface area (Å²) in [5, 5.41) is 0.639. The number of esters is 1. The van der Waals surface area contributed by atoms with Crippen LogP contribution in [0.15, 0.2) is 54.6 Å². The Kier molecular flexibility index (Phi) is 4.77. The summed E-state index contributed by atoms with van der Waals surface area (Å²) >= 11 is 5.83. The van der Waals surface area contributed by atoms with Gasteiger partial charge in [-0.2, -0.15) is 0 Å². The Morgan fingerprint density at radius 3 is 2.30 bits per heavy atom. The van der Waals surface area contributed by atoms with Gasteiger partial charge in [0.15, 0.2) is 0 Å². The van der Waals surface area contributed by atoms with E-state index in [9.17, 15) is 4.79 Å². The first-order valence-corrected chi connectivity index (χ1v) is 6.73. The molecule has 0 saturated carbocycles. The topological polar surface area (TPSA) is 52.3 Å². The van der Waals surface area contributed by atoms with Gasteiger partial charge in [0, 0.05) is 11.1 Å². The van der Waals surface area contributed by atoms with Crippen molar-refractivity contribution >= 4 is 17.6 Å². The summed E-state index contributed by atoms with van der Waals surface area (Å²) < 4.78 is 5.30. The fraction of sp³-hybridized carbons (Fsp3) is 0.188. The first-order chi connectivity index (χ1) is 9.58. The molecule has 2 N–H and O–H groups in total. The number of hydrogen-bond acceptors (Lipinski definition) is 3. The van der Waals surface area contributed by atoms with Gasteiger partial charge < -0.3 is 10.5 Å². The summed E-state index contributed by atoms with van der Waals surface area (Å²) in [6.07, 6.45) is 0. The van der Waals surface area contributed by atoms with Crippen molar-refractivity contribution in [2.45, 2.75) is 13.0 Å². The summed E-state index contributed by atoms with van der Waals surface area (Å²) in [7, 11) is 0. The van der Waals surface area contributed by atoms with Gasteiger partial charge in [-0.05, 0) is 29.8 Å². The van der Waals surface area contributed by atoms with Crippen LogP contribution in [0.25, 0.3) is 0 Å². The molecule has 0 heterocycles. The molecule has 4 heteroatoms. The Labute approximate surface area is 123 Å². The highest BCUT2D eigenvalue weighted by molar-refractivity contribution is 6.30. The lowest BCUT2D eigenvalue weighted by Crippen LogP contribution is -2.29. The van der Waals surface area contributed by atoms with Crippen molar-refractivity contribution in [1.29, 1.82) is 0 Å². The van der Waals surface area contributed by atoms with Crippen molar-refractivity contribution < 1.29 is 9.53 Å². The van der Waals surface area contributed by atoms with Crippen molar-refractivity contribution in [2.75, 3.05) is 0 Å². The van der Waals surface area contributed by atoms with Crippen LogP contribution in [0.5, 0.6) is 5.75 Å². The summed E-state index contributed by atoms with van der Waals surface area (Å²) in [4.78, 5) is 12.1. The average molecular weight is 290 g/mol. The van der Waals surface area contributed by atoms with Crippen LogP contribution in [0.2, 0.25) is 5.02 Å². The first-order valence-electron chi connectivity index (χ1n) is 6.35. The third kappa shape index (κ3) is 3.59. The molecule has 0 amide bonds. The minimum absolute atomic E-state index is 0.348. The maximum Gasteiger partial charge on any atom is 0.315 e. The highest BCUT2D eigenvalue weighted by atomic mass is 35.5. The predicted molar refractivity (Wildman–Crippen MR) is 79.6 cm³/mol. The molecule has 104 valence electrons. The SMILES string of the molecule is C[C@H](C(=O)Oc1ccccc1)[C@H](N)c1ccc(Cl)cc1. The zero-order valence-corrected chi connectivity index (χ0v) is 11.9. The molecule has 3 nitrogen and oxygen atoms in total. The van der Waals surface area contributed by atoms with E-state index in [-0.39, 0.29) is 5.97 Å². The van der Waals surface area contributed by atoms with Gasteiger partial charge in [-0.25, -0.2) is 0 Å². The second kappa shape index (κ2) is 6.55. The molecular formula is C16H16ClNO2. The molecule has 0 aliphatic heterocycles. The zero-order chi connectivity index (χ0) is 14.5. The van der Waals surface area contributed by atoms with Crippen LogP contribution in [0.4, 0.5) is 0 Å². The van der Waals surface area contributed by atoms with E-state index in [2.05, 4.69) is 0 Å². The standard InChI is InChI=1S/C16H16ClNO2/c1-11(15(18)12-7-9-13(17)10-8-12)16(19)20-14-5-3-2-4-6-14/h2-11,15H,18H2,1H3/t11-,15-/m0/s1. The van der Waals surface area contributed by atoms with E-state index in [1.54, 1.807) is 31.2 Å². The lowest BCUT2D eigenvalue weighted by atomic mass is 9.95. The highest BCUT2D eigenvalue weighted by Crippen LogP contribution is 2.23. The van der Waals surface area contributed by atoms with E-state index in [1.165, 1.54) is 0 Å². The Hall–Kier alpha value is -1.84. The molecule has 0 unspecified atom stereocenters. The Morgan fingerprint density at radius 1 is 1.10 bits per heavy atom. The van der Waals surface area contributed by atoms with Gasteiger partial charge in [-0.1, -0.05) is 48.9 Å². The van der Waals surface area contributed by atoms with Gasteiger partial charge in [0.1, 0.15) is 5.75 Å². The molecule has 0 bridgehead atoms. The average Bonchev–Trinajstić information content (AvgIpc) is 2.47. The number of hydrogen-bond donors (Lipinski definition) is 1. The lowest BCUT2D eigenvalue weighted by molar-refractivity contribution is -0.139. The fourth-order valence-electron chi connectivity index (χ4n) is 1.82. The molecule has 0 aliphatic rings. The molecule has 2 aromatic carbocycles. The Bertz CT molecular complexity index is 569. The van der Waals surface area contributed by atoms with Crippen LogP contribution in [0, 0.1) is 5.92 Å². The number of ether oxygens (including phenoxy) is 1. The van der Waals surface area contributed by atoms with Crippen LogP contribution < -0.4 is 10.5 Å². The summed E-state index contributed by atoms with van der Waals surface area (Å²) in [6, 6.07) is 15.7. The molecule has 2 rings (SSSR count). The predicted octanol–water partition coefficient (Wildman–Crippen LogP) is 3.58. The van der Waals surface area contributed by atoms with Gasteiger partial charge in [0.2, 0.25) is 0 Å². The molecule has 0 fully saturated rings. The number of benzene rings is 2. The van der Waals surface area contributed by atoms with Crippen LogP contribution >= 0.6 is 11.6 Å². The molecule has 0 saturated heterocycles. The Morgan fingerprint density at radius 2 is 1.70 bits per heavy atom. The maximum absolute atomic E-state index is 12.1. The molecule has 0 aromatic heterocycles. The lowest BCUT2D eigenvalue weighted by Gasteiger charge is -2.19. The molecule has 2 atom stereocenters. The highest BCUT2D eigenvalue weighted by Gasteiger charge is 2.24. The second-order valence-corrected chi connectivity index (χ2v) is 5.04. The number of halogens is 1. The summed E-state index contributed by atoms with van der Waals surface area (Å²) in [5.74, 6) is -0.275. The van der Waals surface area contributed by atoms with Gasteiger partial charge >= 0.3 is 5.97 Å². The third-order valence-corrected chi connectivity index (χ3v) is 3.38. The number of para-hydroxylation sites is 1. The maximum atomic E-state index is 12.1. The smallest absolute Gasteiger partial charge is 0.315 e. The zero-order valence-electron chi connectivity index (χ0n) is 11.1. The summed E-state index contributed by atoms with van der Waals surface area (Å²) in [6.45, 7) is 1.75.